The molecule has 30 heavy (non-hydrogen) atoms. The number of hydrogen-bond acceptors (Lipinski definition) is 6. The van der Waals surface area contributed by atoms with E-state index in [1.165, 1.54) is 6.42 Å². The van der Waals surface area contributed by atoms with Crippen molar-refractivity contribution in [2.75, 3.05) is 0 Å². The largest absolute Gasteiger partial charge is 0.448 e. The number of hydrogen-bond donors (Lipinski definition) is 0. The molecule has 4 aliphatic rings. The molecule has 4 aliphatic carbocycles. The highest BCUT2D eigenvalue weighted by Crippen LogP contribution is 2.48. The van der Waals surface area contributed by atoms with Crippen molar-refractivity contribution < 1.29 is 28.6 Å². The first-order valence-electron chi connectivity index (χ1n) is 11.8. The van der Waals surface area contributed by atoms with Gasteiger partial charge in [-0.2, -0.15) is 0 Å². The van der Waals surface area contributed by atoms with E-state index in [9.17, 15) is 14.4 Å². The van der Waals surface area contributed by atoms with Crippen LogP contribution in [-0.2, 0) is 28.6 Å². The summed E-state index contributed by atoms with van der Waals surface area (Å²) in [5.74, 6) is -2.07. The molecule has 2 atom stereocenters. The maximum Gasteiger partial charge on any atom is 0.330 e. The van der Waals surface area contributed by atoms with Gasteiger partial charge in [-0.3, -0.25) is 9.59 Å². The predicted molar refractivity (Wildman–Crippen MR) is 110 cm³/mol. The molecule has 0 aromatic heterocycles. The zero-order valence-electron chi connectivity index (χ0n) is 17.9. The van der Waals surface area contributed by atoms with E-state index in [4.69, 9.17) is 14.2 Å². The number of carbonyl (C=O) groups excluding carboxylic acids is 3. The molecule has 2 unspecified atom stereocenters. The van der Waals surface area contributed by atoms with Gasteiger partial charge in [0.15, 0.2) is 29.6 Å². The third-order valence-electron chi connectivity index (χ3n) is 7.49. The molecule has 0 N–H and O–H groups in total. The van der Waals surface area contributed by atoms with Gasteiger partial charge in [0.25, 0.3) is 0 Å². The van der Waals surface area contributed by atoms with E-state index in [2.05, 4.69) is 6.58 Å². The smallest absolute Gasteiger partial charge is 0.330 e. The van der Waals surface area contributed by atoms with Crippen LogP contribution in [0.2, 0.25) is 0 Å². The molecule has 4 rings (SSSR count). The summed E-state index contributed by atoms with van der Waals surface area (Å²) in [7, 11) is 0. The summed E-state index contributed by atoms with van der Waals surface area (Å²) in [5, 5.41) is 0. The molecule has 4 saturated carbocycles. The summed E-state index contributed by atoms with van der Waals surface area (Å²) in [6.07, 6.45) is 11.4. The van der Waals surface area contributed by atoms with E-state index in [0.29, 0.717) is 25.7 Å². The highest BCUT2D eigenvalue weighted by molar-refractivity contribution is 6.18. The Hall–Kier alpha value is -1.53. The Morgan fingerprint density at radius 2 is 1.37 bits per heavy atom. The highest BCUT2D eigenvalue weighted by atomic mass is 16.7. The van der Waals surface area contributed by atoms with Crippen LogP contribution >= 0.6 is 0 Å². The average Bonchev–Trinajstić information content (AvgIpc) is 3.29. The van der Waals surface area contributed by atoms with Crippen molar-refractivity contribution in [3.05, 3.63) is 12.7 Å². The molecule has 6 nitrogen and oxygen atoms in total. The van der Waals surface area contributed by atoms with Crippen LogP contribution in [0, 0.1) is 5.41 Å². The molecule has 0 aliphatic heterocycles. The minimum absolute atomic E-state index is 0.127. The van der Waals surface area contributed by atoms with Crippen LogP contribution in [0.15, 0.2) is 12.7 Å². The van der Waals surface area contributed by atoms with E-state index in [1.54, 1.807) is 0 Å². The molecule has 0 bridgehead atoms. The van der Waals surface area contributed by atoms with Crippen LogP contribution in [0.3, 0.4) is 0 Å². The third-order valence-corrected chi connectivity index (χ3v) is 7.49. The molecule has 0 radical (unpaired) electrons. The van der Waals surface area contributed by atoms with Crippen molar-refractivity contribution in [1.82, 2.24) is 0 Å². The maximum atomic E-state index is 13.6. The lowest BCUT2D eigenvalue weighted by atomic mass is 9.71. The number of ether oxygens (including phenoxy) is 3. The van der Waals surface area contributed by atoms with Crippen molar-refractivity contribution in [1.29, 1.82) is 0 Å². The van der Waals surface area contributed by atoms with E-state index in [-0.39, 0.29) is 17.7 Å². The first-order valence-corrected chi connectivity index (χ1v) is 11.8. The van der Waals surface area contributed by atoms with Gasteiger partial charge in [0.1, 0.15) is 0 Å². The number of ketones is 2. The summed E-state index contributed by atoms with van der Waals surface area (Å²) >= 11 is 0. The third kappa shape index (κ3) is 4.01. The second-order valence-corrected chi connectivity index (χ2v) is 9.47. The first kappa shape index (κ1) is 21.7. The Morgan fingerprint density at radius 1 is 0.800 bits per heavy atom. The standard InChI is InChI=1S/C24H34O6/c1-2-18(25)28-19-20(22(27)23(21(19)26)13-7-4-8-14-23)30-24(15-9-10-16-24)29-17-11-5-3-6-12-17/h2,17,19-20H,1,3-16H2. The molecule has 0 aromatic carbocycles. The van der Waals surface area contributed by atoms with Gasteiger partial charge in [-0.1, -0.05) is 45.1 Å². The van der Waals surface area contributed by atoms with Crippen molar-refractivity contribution in [2.24, 2.45) is 5.41 Å². The van der Waals surface area contributed by atoms with Gasteiger partial charge in [-0.25, -0.2) is 4.79 Å². The quantitative estimate of drug-likeness (QED) is 0.278. The van der Waals surface area contributed by atoms with E-state index < -0.39 is 29.4 Å². The normalized spacial score (nSPS) is 31.2. The summed E-state index contributed by atoms with van der Waals surface area (Å²) in [6.45, 7) is 3.43. The molecule has 0 amide bonds. The van der Waals surface area contributed by atoms with Crippen molar-refractivity contribution >= 4 is 17.5 Å². The topological polar surface area (TPSA) is 78.9 Å². The lowest BCUT2D eigenvalue weighted by Crippen LogP contribution is -2.46. The number of esters is 1. The molecule has 0 heterocycles. The van der Waals surface area contributed by atoms with Crippen LogP contribution in [0.4, 0.5) is 0 Å². The Bertz CT molecular complexity index is 680. The lowest BCUT2D eigenvalue weighted by molar-refractivity contribution is -0.280. The molecule has 1 spiro atoms. The number of carbonyl (C=O) groups is 3. The lowest BCUT2D eigenvalue weighted by Gasteiger charge is -2.38. The van der Waals surface area contributed by atoms with Gasteiger partial charge >= 0.3 is 5.97 Å². The summed E-state index contributed by atoms with van der Waals surface area (Å²) in [5.41, 5.74) is -1.07. The van der Waals surface area contributed by atoms with Gasteiger partial charge in [0.2, 0.25) is 0 Å². The van der Waals surface area contributed by atoms with Gasteiger partial charge in [0.05, 0.1) is 11.5 Å². The van der Waals surface area contributed by atoms with Crippen LogP contribution < -0.4 is 0 Å². The summed E-state index contributed by atoms with van der Waals surface area (Å²) < 4.78 is 18.3. The monoisotopic (exact) mass is 418 g/mol. The number of Topliss-reactive ketones (excluding diaryl/α,β-unsaturated/α-hetero) is 2. The minimum Gasteiger partial charge on any atom is -0.448 e. The van der Waals surface area contributed by atoms with E-state index in [0.717, 1.165) is 63.9 Å². The number of rotatable bonds is 6. The summed E-state index contributed by atoms with van der Waals surface area (Å²) in [4.78, 5) is 38.9. The van der Waals surface area contributed by atoms with Crippen molar-refractivity contribution in [3.8, 4) is 0 Å². The summed E-state index contributed by atoms with van der Waals surface area (Å²) in [6, 6.07) is 0. The average molecular weight is 419 g/mol. The zero-order chi connectivity index (χ0) is 21.2. The van der Waals surface area contributed by atoms with Crippen molar-refractivity contribution in [2.45, 2.75) is 114 Å². The van der Waals surface area contributed by atoms with Crippen LogP contribution in [0.25, 0.3) is 0 Å². The van der Waals surface area contributed by atoms with E-state index >= 15 is 0 Å². The highest BCUT2D eigenvalue weighted by Gasteiger charge is 2.63. The molecule has 166 valence electrons. The molecule has 0 aromatic rings. The van der Waals surface area contributed by atoms with Crippen molar-refractivity contribution in [3.63, 3.8) is 0 Å². The Labute approximate surface area is 178 Å². The van der Waals surface area contributed by atoms with Gasteiger partial charge < -0.3 is 14.2 Å². The maximum absolute atomic E-state index is 13.6. The fourth-order valence-corrected chi connectivity index (χ4v) is 5.89. The second-order valence-electron chi connectivity index (χ2n) is 9.47. The van der Waals surface area contributed by atoms with Gasteiger partial charge in [-0.15, -0.1) is 0 Å². The molecule has 6 heteroatoms. The van der Waals surface area contributed by atoms with Gasteiger partial charge in [0, 0.05) is 18.9 Å². The van der Waals surface area contributed by atoms with Crippen LogP contribution in [0.5, 0.6) is 0 Å². The SMILES string of the molecule is C=CC(=O)OC1C(=O)C2(CCCCC2)C(=O)C1OC1(OC2CCCCC2)CCCC1. The Morgan fingerprint density at radius 3 is 2.00 bits per heavy atom. The minimum atomic E-state index is -1.20. The fourth-order valence-electron chi connectivity index (χ4n) is 5.89. The van der Waals surface area contributed by atoms with Crippen LogP contribution in [0.1, 0.15) is 89.9 Å². The molecular formula is C24H34O6. The second kappa shape index (κ2) is 8.91. The molecule has 0 saturated heterocycles. The Balaban J connectivity index is 1.59. The fraction of sp³-hybridized carbons (Fsp3) is 0.792. The van der Waals surface area contributed by atoms with E-state index in [1.807, 2.05) is 0 Å². The Kier molecular flexibility index (Phi) is 6.44. The predicted octanol–water partition coefficient (Wildman–Crippen LogP) is 4.19. The molecular weight excluding hydrogens is 384 g/mol. The van der Waals surface area contributed by atoms with Gasteiger partial charge in [-0.05, 0) is 38.5 Å². The van der Waals surface area contributed by atoms with Crippen LogP contribution in [-0.4, -0.2) is 41.6 Å². The zero-order valence-corrected chi connectivity index (χ0v) is 17.9. The first-order chi connectivity index (χ1) is 14.5. The molecule has 4 fully saturated rings.